The lowest BCUT2D eigenvalue weighted by molar-refractivity contribution is -0.870. The zero-order valence-corrected chi connectivity index (χ0v) is 36.9. The van der Waals surface area contributed by atoms with E-state index >= 15 is 0 Å². The van der Waals surface area contributed by atoms with Gasteiger partial charge in [-0.15, -0.1) is 0 Å². The lowest BCUT2D eigenvalue weighted by Gasteiger charge is -2.28. The molecule has 56 heavy (non-hydrogen) atoms. The van der Waals surface area contributed by atoms with Gasteiger partial charge in [-0.2, -0.15) is 0 Å². The number of nitrogens with zero attached hydrogens (tertiary/aromatic N) is 1. The molecule has 0 aliphatic heterocycles. The van der Waals surface area contributed by atoms with Crippen LogP contribution in [0.2, 0.25) is 0 Å². The molecule has 0 N–H and O–H groups in total. The predicted molar refractivity (Wildman–Crippen MR) is 231 cm³/mol. The highest BCUT2D eigenvalue weighted by Gasteiger charge is 2.21. The molecule has 0 rings (SSSR count). The second-order valence-corrected chi connectivity index (χ2v) is 16.7. The summed E-state index contributed by atoms with van der Waals surface area (Å²) in [4.78, 5) is 37.5. The molecule has 0 fully saturated rings. The Kier molecular flexibility index (Phi) is 36.3. The van der Waals surface area contributed by atoms with Gasteiger partial charge in [0.05, 0.1) is 27.7 Å². The van der Waals surface area contributed by atoms with Crippen LogP contribution in [0.3, 0.4) is 0 Å². The lowest BCUT2D eigenvalue weighted by atomic mass is 10.1. The van der Waals surface area contributed by atoms with Crippen LogP contribution in [0.25, 0.3) is 0 Å². The maximum Gasteiger partial charge on any atom is 0.306 e. The minimum Gasteiger partial charge on any atom is -0.756 e. The first kappa shape index (κ1) is 53.5. The first-order valence-corrected chi connectivity index (χ1v) is 23.1. The van der Waals surface area contributed by atoms with Crippen molar-refractivity contribution in [1.29, 1.82) is 0 Å². The predicted octanol–water partition coefficient (Wildman–Crippen LogP) is 11.6. The summed E-state index contributed by atoms with van der Waals surface area (Å²) in [7, 11) is 1.13. The van der Waals surface area contributed by atoms with Crippen LogP contribution in [0.1, 0.15) is 155 Å². The van der Waals surface area contributed by atoms with Gasteiger partial charge in [0, 0.05) is 12.8 Å². The Hall–Kier alpha value is -2.55. The summed E-state index contributed by atoms with van der Waals surface area (Å²) in [6.07, 6.45) is 46.4. The third-order valence-electron chi connectivity index (χ3n) is 8.71. The number of hydrogen-bond donors (Lipinski definition) is 0. The molecule has 9 nitrogen and oxygen atoms in total. The Labute approximate surface area is 342 Å². The Balaban J connectivity index is 4.44. The van der Waals surface area contributed by atoms with Gasteiger partial charge in [-0.05, 0) is 83.5 Å². The largest absolute Gasteiger partial charge is 0.756 e. The molecular weight excluding hydrogens is 725 g/mol. The van der Waals surface area contributed by atoms with Crippen molar-refractivity contribution in [3.05, 3.63) is 72.9 Å². The molecule has 0 radical (unpaired) electrons. The van der Waals surface area contributed by atoms with Crippen molar-refractivity contribution in [2.24, 2.45) is 0 Å². The van der Waals surface area contributed by atoms with Crippen molar-refractivity contribution in [2.45, 2.75) is 161 Å². The van der Waals surface area contributed by atoms with E-state index in [0.717, 1.165) is 89.9 Å². The fourth-order valence-corrected chi connectivity index (χ4v) is 6.05. The van der Waals surface area contributed by atoms with Gasteiger partial charge in [0.25, 0.3) is 7.82 Å². The van der Waals surface area contributed by atoms with Gasteiger partial charge in [0.15, 0.2) is 6.10 Å². The quantitative estimate of drug-likeness (QED) is 0.0199. The number of likely N-dealkylation sites (N-methyl/N-ethyl adjacent to an activating group) is 1. The Morgan fingerprint density at radius 3 is 1.55 bits per heavy atom. The number of ether oxygens (including phenoxy) is 2. The molecule has 0 saturated carbocycles. The molecule has 0 aromatic carbocycles. The fraction of sp³-hybridized carbons (Fsp3) is 0.696. The number of phosphoric ester groups is 1. The Bertz CT molecular complexity index is 1180. The topological polar surface area (TPSA) is 111 Å². The summed E-state index contributed by atoms with van der Waals surface area (Å²) in [5.41, 5.74) is 0. The zero-order chi connectivity index (χ0) is 41.4. The van der Waals surface area contributed by atoms with E-state index in [2.05, 4.69) is 86.8 Å². The van der Waals surface area contributed by atoms with Crippen molar-refractivity contribution in [3.63, 3.8) is 0 Å². The van der Waals surface area contributed by atoms with Gasteiger partial charge in [-0.3, -0.25) is 14.2 Å². The third-order valence-corrected chi connectivity index (χ3v) is 9.67. The maximum atomic E-state index is 12.6. The van der Waals surface area contributed by atoms with Crippen LogP contribution in [0, 0.1) is 0 Å². The van der Waals surface area contributed by atoms with Crippen LogP contribution in [0.4, 0.5) is 0 Å². The van der Waals surface area contributed by atoms with Crippen molar-refractivity contribution < 1.29 is 42.1 Å². The number of carbonyl (C=O) groups excluding carboxylic acids is 2. The number of phosphoric acid groups is 1. The molecule has 0 aromatic rings. The van der Waals surface area contributed by atoms with E-state index in [1.165, 1.54) is 25.7 Å². The van der Waals surface area contributed by atoms with Gasteiger partial charge in [0.1, 0.15) is 19.8 Å². The fourth-order valence-electron chi connectivity index (χ4n) is 5.32. The summed E-state index contributed by atoms with van der Waals surface area (Å²) < 4.78 is 33.8. The first-order chi connectivity index (χ1) is 27.0. The molecule has 0 aliphatic carbocycles. The molecule has 0 aliphatic rings. The minimum absolute atomic E-state index is 0.0415. The van der Waals surface area contributed by atoms with Crippen molar-refractivity contribution in [2.75, 3.05) is 47.5 Å². The molecule has 0 spiro atoms. The monoisotopic (exact) mass is 806 g/mol. The van der Waals surface area contributed by atoms with Gasteiger partial charge < -0.3 is 27.9 Å². The number of esters is 2. The van der Waals surface area contributed by atoms with Crippen LogP contribution in [-0.4, -0.2) is 70.0 Å². The summed E-state index contributed by atoms with van der Waals surface area (Å²) >= 11 is 0. The van der Waals surface area contributed by atoms with Gasteiger partial charge in [0.2, 0.25) is 0 Å². The van der Waals surface area contributed by atoms with E-state index < -0.39 is 32.5 Å². The highest BCUT2D eigenvalue weighted by Crippen LogP contribution is 2.38. The lowest BCUT2D eigenvalue weighted by Crippen LogP contribution is -2.37. The van der Waals surface area contributed by atoms with Crippen LogP contribution in [0.15, 0.2) is 72.9 Å². The van der Waals surface area contributed by atoms with E-state index in [-0.39, 0.29) is 26.1 Å². The number of rotatable bonds is 38. The van der Waals surface area contributed by atoms with Gasteiger partial charge in [-0.25, -0.2) is 0 Å². The number of hydrogen-bond acceptors (Lipinski definition) is 8. The van der Waals surface area contributed by atoms with E-state index in [0.29, 0.717) is 23.9 Å². The second kappa shape index (κ2) is 38.0. The molecule has 0 aromatic heterocycles. The number of carbonyl (C=O) groups is 2. The van der Waals surface area contributed by atoms with Crippen LogP contribution >= 0.6 is 7.82 Å². The average molecular weight is 806 g/mol. The number of quaternary nitrogens is 1. The van der Waals surface area contributed by atoms with Crippen LogP contribution in [0.5, 0.6) is 0 Å². The first-order valence-electron chi connectivity index (χ1n) is 21.6. The SMILES string of the molecule is CC/C=C/C/C=C/C/C=C/C/C=C/C/C=C/CCCCCC(=O)OC[C@@H](COP(=O)([O-])OCC[N+](C)(C)C)OC(=O)CCCCCCC/C=C/CCCCCC. The number of allylic oxidation sites excluding steroid dienone is 12. The molecular formula is C46H80NO8P. The van der Waals surface area contributed by atoms with Crippen LogP contribution < -0.4 is 4.89 Å². The van der Waals surface area contributed by atoms with E-state index in [9.17, 15) is 19.0 Å². The average Bonchev–Trinajstić information content (AvgIpc) is 3.15. The molecule has 10 heteroatoms. The van der Waals surface area contributed by atoms with E-state index in [1.54, 1.807) is 0 Å². The Morgan fingerprint density at radius 2 is 1.02 bits per heavy atom. The van der Waals surface area contributed by atoms with Crippen molar-refractivity contribution in [1.82, 2.24) is 0 Å². The molecule has 322 valence electrons. The van der Waals surface area contributed by atoms with Crippen LogP contribution in [-0.2, 0) is 32.7 Å². The van der Waals surface area contributed by atoms with E-state index in [4.69, 9.17) is 18.5 Å². The molecule has 2 atom stereocenters. The van der Waals surface area contributed by atoms with E-state index in [1.807, 2.05) is 21.1 Å². The minimum atomic E-state index is -4.64. The molecule has 0 saturated heterocycles. The normalized spacial score (nSPS) is 14.3. The smallest absolute Gasteiger partial charge is 0.306 e. The molecule has 0 amide bonds. The third kappa shape index (κ3) is 41.1. The van der Waals surface area contributed by atoms with Gasteiger partial charge in [-0.1, -0.05) is 132 Å². The van der Waals surface area contributed by atoms with Crippen molar-refractivity contribution >= 4 is 19.8 Å². The number of unbranched alkanes of at least 4 members (excludes halogenated alkanes) is 12. The molecule has 0 heterocycles. The zero-order valence-electron chi connectivity index (χ0n) is 36.1. The van der Waals surface area contributed by atoms with Gasteiger partial charge >= 0.3 is 11.9 Å². The highest BCUT2D eigenvalue weighted by atomic mass is 31.2. The van der Waals surface area contributed by atoms with Crippen molar-refractivity contribution in [3.8, 4) is 0 Å². The summed E-state index contributed by atoms with van der Waals surface area (Å²) in [6.45, 7) is 4.02. The summed E-state index contributed by atoms with van der Waals surface area (Å²) in [6, 6.07) is 0. The highest BCUT2D eigenvalue weighted by molar-refractivity contribution is 7.45. The Morgan fingerprint density at radius 1 is 0.571 bits per heavy atom. The second-order valence-electron chi connectivity index (χ2n) is 15.3. The summed E-state index contributed by atoms with van der Waals surface area (Å²) in [5.74, 6) is -0.890. The molecule has 0 bridgehead atoms. The standard InChI is InChI=1S/C46H80NO8P/c1-6-8-10-12-14-16-18-20-21-22-23-24-25-27-28-30-32-34-36-38-45(48)52-42-44(43-54-56(50,51)53-41-40-47(3,4)5)55-46(49)39-37-35-33-31-29-26-19-17-15-13-11-9-7-2/h8,10,14,16-17,19-21,23-24,27-28,44H,6-7,9,11-13,15,18,22,25-26,29-43H2,1-5H3/b10-8+,16-14+,19-17+,21-20+,24-23+,28-27+/t44-/m0/s1. The molecule has 1 unspecified atom stereocenters. The maximum absolute atomic E-state index is 12.6. The summed E-state index contributed by atoms with van der Waals surface area (Å²) in [5, 5.41) is 0.